The number of esters is 2. The van der Waals surface area contributed by atoms with E-state index in [1.165, 1.54) is 0 Å². The van der Waals surface area contributed by atoms with Crippen LogP contribution in [0.5, 0.6) is 0 Å². The molecule has 0 bridgehead atoms. The van der Waals surface area contributed by atoms with Crippen molar-refractivity contribution in [2.75, 3.05) is 13.2 Å². The van der Waals surface area contributed by atoms with Gasteiger partial charge in [0.1, 0.15) is 0 Å². The maximum Gasteiger partial charge on any atom is 0.326 e. The van der Waals surface area contributed by atoms with E-state index < -0.39 is 17.9 Å². The number of para-hydroxylation sites is 1. The maximum absolute atomic E-state index is 12.0. The van der Waals surface area contributed by atoms with E-state index >= 15 is 0 Å². The number of hydrogen-bond acceptors (Lipinski definition) is 4. The summed E-state index contributed by atoms with van der Waals surface area (Å²) >= 11 is 0. The highest BCUT2D eigenvalue weighted by Gasteiger charge is 2.32. The van der Waals surface area contributed by atoms with E-state index in [-0.39, 0.29) is 13.2 Å². The number of fused-ring (bicyclic) bond motifs is 1. The lowest BCUT2D eigenvalue weighted by Gasteiger charge is -2.12. The van der Waals surface area contributed by atoms with Gasteiger partial charge >= 0.3 is 11.9 Å². The number of carbonyl (C=O) groups excluding carboxylic acids is 2. The number of aromatic nitrogens is 1. The molecule has 0 saturated carbocycles. The van der Waals surface area contributed by atoms with Crippen molar-refractivity contribution in [3.63, 3.8) is 0 Å². The van der Waals surface area contributed by atoms with Crippen LogP contribution < -0.4 is 0 Å². The molecular weight excluding hydrogens is 258 g/mol. The van der Waals surface area contributed by atoms with Crippen LogP contribution in [-0.4, -0.2) is 30.1 Å². The van der Waals surface area contributed by atoms with E-state index in [1.807, 2.05) is 24.3 Å². The molecule has 0 aliphatic rings. The fourth-order valence-electron chi connectivity index (χ4n) is 2.05. The summed E-state index contributed by atoms with van der Waals surface area (Å²) in [7, 11) is 0. The summed E-state index contributed by atoms with van der Waals surface area (Å²) < 4.78 is 9.92. The molecule has 0 spiro atoms. The predicted octanol–water partition coefficient (Wildman–Crippen LogP) is 2.38. The first-order valence-electron chi connectivity index (χ1n) is 6.58. The molecule has 0 radical (unpaired) electrons. The molecule has 0 saturated heterocycles. The number of nitrogens with one attached hydrogen (secondary N) is 1. The van der Waals surface area contributed by atoms with Gasteiger partial charge < -0.3 is 14.5 Å². The fourth-order valence-corrected chi connectivity index (χ4v) is 2.05. The number of hydrogen-bond donors (Lipinski definition) is 1. The molecular formula is C15H17NO4. The van der Waals surface area contributed by atoms with E-state index in [4.69, 9.17) is 9.47 Å². The Morgan fingerprint density at radius 1 is 1.10 bits per heavy atom. The smallest absolute Gasteiger partial charge is 0.326 e. The average molecular weight is 275 g/mol. The topological polar surface area (TPSA) is 68.4 Å². The molecule has 0 fully saturated rings. The number of ether oxygens (including phenoxy) is 2. The van der Waals surface area contributed by atoms with E-state index in [9.17, 15) is 9.59 Å². The number of carbonyl (C=O) groups is 2. The van der Waals surface area contributed by atoms with Crippen molar-refractivity contribution in [3.8, 4) is 0 Å². The Morgan fingerprint density at radius 3 is 2.25 bits per heavy atom. The van der Waals surface area contributed by atoms with Gasteiger partial charge in [-0.3, -0.25) is 9.59 Å². The van der Waals surface area contributed by atoms with Crippen LogP contribution in [0.1, 0.15) is 25.5 Å². The molecule has 2 rings (SSSR count). The van der Waals surface area contributed by atoms with Crippen LogP contribution >= 0.6 is 0 Å². The number of rotatable bonds is 5. The van der Waals surface area contributed by atoms with Gasteiger partial charge in [0.05, 0.1) is 13.2 Å². The fraction of sp³-hybridized carbons (Fsp3) is 0.333. The van der Waals surface area contributed by atoms with E-state index in [1.54, 1.807) is 19.9 Å². The van der Waals surface area contributed by atoms with Crippen LogP contribution in [0.15, 0.2) is 30.3 Å². The standard InChI is InChI=1S/C15H17NO4/c1-3-19-14(17)13(15(18)20-4-2)12-9-10-7-5-6-8-11(10)16-12/h5-9,13,16H,3-4H2,1-2H3. The molecule has 0 aliphatic heterocycles. The molecule has 0 amide bonds. The predicted molar refractivity (Wildman–Crippen MR) is 74.3 cm³/mol. The van der Waals surface area contributed by atoms with Crippen LogP contribution in [-0.2, 0) is 19.1 Å². The molecule has 1 heterocycles. The number of benzene rings is 1. The van der Waals surface area contributed by atoms with Crippen molar-refractivity contribution in [3.05, 3.63) is 36.0 Å². The summed E-state index contributed by atoms with van der Waals surface area (Å²) in [5, 5.41) is 0.932. The molecule has 0 aliphatic carbocycles. The molecule has 20 heavy (non-hydrogen) atoms. The van der Waals surface area contributed by atoms with Gasteiger partial charge in [-0.05, 0) is 31.4 Å². The first-order chi connectivity index (χ1) is 9.67. The summed E-state index contributed by atoms with van der Waals surface area (Å²) in [6.07, 6.45) is 0. The Bertz CT molecular complexity index is 566. The molecule has 2 aromatic rings. The summed E-state index contributed by atoms with van der Waals surface area (Å²) in [6, 6.07) is 9.33. The first-order valence-corrected chi connectivity index (χ1v) is 6.58. The normalized spacial score (nSPS) is 10.8. The maximum atomic E-state index is 12.0. The third kappa shape index (κ3) is 2.82. The quantitative estimate of drug-likeness (QED) is 0.672. The van der Waals surface area contributed by atoms with Gasteiger partial charge in [-0.2, -0.15) is 0 Å². The highest BCUT2D eigenvalue weighted by Crippen LogP contribution is 2.23. The largest absolute Gasteiger partial charge is 0.465 e. The van der Waals surface area contributed by atoms with Gasteiger partial charge in [-0.15, -0.1) is 0 Å². The Labute approximate surface area is 116 Å². The van der Waals surface area contributed by atoms with Crippen molar-refractivity contribution >= 4 is 22.8 Å². The SMILES string of the molecule is CCOC(=O)C(C(=O)OCC)c1cc2ccccc2[nH]1. The Kier molecular flexibility index (Phi) is 4.40. The van der Waals surface area contributed by atoms with Crippen LogP contribution in [0, 0.1) is 0 Å². The third-order valence-corrected chi connectivity index (χ3v) is 2.91. The molecule has 0 unspecified atom stereocenters. The summed E-state index contributed by atoms with van der Waals surface area (Å²) in [5.41, 5.74) is 1.35. The Balaban J connectivity index is 2.38. The minimum Gasteiger partial charge on any atom is -0.465 e. The van der Waals surface area contributed by atoms with Gasteiger partial charge in [0, 0.05) is 11.2 Å². The third-order valence-electron chi connectivity index (χ3n) is 2.91. The van der Waals surface area contributed by atoms with Crippen LogP contribution in [0.4, 0.5) is 0 Å². The average Bonchev–Trinajstić information content (AvgIpc) is 2.82. The molecule has 1 aromatic heterocycles. The molecule has 106 valence electrons. The lowest BCUT2D eigenvalue weighted by atomic mass is 10.1. The van der Waals surface area contributed by atoms with Crippen LogP contribution in [0.3, 0.4) is 0 Å². The second-order valence-electron chi connectivity index (χ2n) is 4.25. The monoisotopic (exact) mass is 275 g/mol. The lowest BCUT2D eigenvalue weighted by Crippen LogP contribution is -2.26. The second-order valence-corrected chi connectivity index (χ2v) is 4.25. The molecule has 1 aromatic carbocycles. The molecule has 0 atom stereocenters. The minimum absolute atomic E-state index is 0.217. The van der Waals surface area contributed by atoms with E-state index in [2.05, 4.69) is 4.98 Å². The number of aromatic amines is 1. The number of H-pyrrole nitrogens is 1. The highest BCUT2D eigenvalue weighted by molar-refractivity contribution is 6.01. The summed E-state index contributed by atoms with van der Waals surface area (Å²) in [4.78, 5) is 27.1. The molecule has 5 heteroatoms. The molecule has 5 nitrogen and oxygen atoms in total. The van der Waals surface area contributed by atoms with Gasteiger partial charge in [0.25, 0.3) is 0 Å². The van der Waals surface area contributed by atoms with Crippen molar-refractivity contribution in [2.24, 2.45) is 0 Å². The highest BCUT2D eigenvalue weighted by atomic mass is 16.6. The zero-order valence-electron chi connectivity index (χ0n) is 11.5. The summed E-state index contributed by atoms with van der Waals surface area (Å²) in [6.45, 7) is 3.83. The Hall–Kier alpha value is -2.30. The van der Waals surface area contributed by atoms with Crippen molar-refractivity contribution < 1.29 is 19.1 Å². The zero-order chi connectivity index (χ0) is 14.5. The van der Waals surface area contributed by atoms with Gasteiger partial charge in [0.15, 0.2) is 5.92 Å². The van der Waals surface area contributed by atoms with E-state index in [0.29, 0.717) is 5.69 Å². The summed E-state index contributed by atoms with van der Waals surface area (Å²) in [5.74, 6) is -2.27. The first kappa shape index (κ1) is 14.1. The Morgan fingerprint density at radius 2 is 1.70 bits per heavy atom. The zero-order valence-corrected chi connectivity index (χ0v) is 11.5. The lowest BCUT2D eigenvalue weighted by molar-refractivity contribution is -0.157. The van der Waals surface area contributed by atoms with Crippen LogP contribution in [0.2, 0.25) is 0 Å². The molecule has 1 N–H and O–H groups in total. The van der Waals surface area contributed by atoms with Gasteiger partial charge in [-0.1, -0.05) is 18.2 Å². The van der Waals surface area contributed by atoms with Gasteiger partial charge in [-0.25, -0.2) is 0 Å². The van der Waals surface area contributed by atoms with Crippen LogP contribution in [0.25, 0.3) is 10.9 Å². The van der Waals surface area contributed by atoms with Crippen molar-refractivity contribution in [1.82, 2.24) is 4.98 Å². The second kappa shape index (κ2) is 6.23. The van der Waals surface area contributed by atoms with Crippen molar-refractivity contribution in [2.45, 2.75) is 19.8 Å². The van der Waals surface area contributed by atoms with E-state index in [0.717, 1.165) is 10.9 Å². The van der Waals surface area contributed by atoms with Gasteiger partial charge in [0.2, 0.25) is 0 Å². The minimum atomic E-state index is -1.07. The van der Waals surface area contributed by atoms with Crippen molar-refractivity contribution in [1.29, 1.82) is 0 Å².